The lowest BCUT2D eigenvalue weighted by molar-refractivity contribution is -0.144. The summed E-state index contributed by atoms with van der Waals surface area (Å²) in [6.45, 7) is 6.53. The van der Waals surface area contributed by atoms with Crippen molar-refractivity contribution in [3.8, 4) is 0 Å². The first-order chi connectivity index (χ1) is 8.10. The highest BCUT2D eigenvalue weighted by Crippen LogP contribution is 1.97. The van der Waals surface area contributed by atoms with Crippen molar-refractivity contribution < 1.29 is 19.1 Å². The van der Waals surface area contributed by atoms with Crippen LogP contribution in [0.25, 0.3) is 0 Å². The molecular weight excluding hydrogens is 222 g/mol. The molecule has 0 saturated carbocycles. The third kappa shape index (κ3) is 9.66. The predicted molar refractivity (Wildman–Crippen MR) is 64.7 cm³/mol. The highest BCUT2D eigenvalue weighted by molar-refractivity contribution is 5.72. The Morgan fingerprint density at radius 3 is 2.41 bits per heavy atom. The molecule has 0 radical (unpaired) electrons. The Kier molecular flexibility index (Phi) is 9.19. The van der Waals surface area contributed by atoms with E-state index in [1.165, 1.54) is 0 Å². The Morgan fingerprint density at radius 1 is 1.12 bits per heavy atom. The third-order valence-corrected chi connectivity index (χ3v) is 2.04. The van der Waals surface area contributed by atoms with E-state index in [4.69, 9.17) is 9.47 Å². The second-order valence-electron chi connectivity index (χ2n) is 3.96. The van der Waals surface area contributed by atoms with Crippen LogP contribution in [0.1, 0.15) is 46.5 Å². The van der Waals surface area contributed by atoms with Crippen LogP contribution in [0.4, 0.5) is 4.79 Å². The number of carbonyl (C=O) groups is 2. The largest absolute Gasteiger partial charge is 0.466 e. The molecule has 0 heterocycles. The van der Waals surface area contributed by atoms with Gasteiger partial charge in [0.1, 0.15) is 0 Å². The summed E-state index contributed by atoms with van der Waals surface area (Å²) in [5, 5.41) is 2.57. The molecule has 1 amide bonds. The van der Waals surface area contributed by atoms with Gasteiger partial charge in [0.25, 0.3) is 0 Å². The summed E-state index contributed by atoms with van der Waals surface area (Å²) < 4.78 is 9.82. The van der Waals surface area contributed by atoms with Crippen molar-refractivity contribution in [2.45, 2.75) is 52.5 Å². The number of amides is 1. The van der Waals surface area contributed by atoms with Crippen LogP contribution in [-0.4, -0.2) is 31.3 Å². The van der Waals surface area contributed by atoms with E-state index in [-0.39, 0.29) is 18.4 Å². The van der Waals surface area contributed by atoms with Gasteiger partial charge in [-0.05, 0) is 19.8 Å². The maximum Gasteiger partial charge on any atom is 0.407 e. The summed E-state index contributed by atoms with van der Waals surface area (Å²) in [5.74, 6) is -0.290. The molecule has 1 unspecified atom stereocenters. The summed E-state index contributed by atoms with van der Waals surface area (Å²) in [5.41, 5.74) is 0. The molecule has 0 aromatic heterocycles. The second kappa shape index (κ2) is 9.93. The molecule has 0 saturated heterocycles. The van der Waals surface area contributed by atoms with Crippen LogP contribution in [0.2, 0.25) is 0 Å². The van der Waals surface area contributed by atoms with E-state index in [1.807, 2.05) is 13.8 Å². The molecule has 0 aliphatic heterocycles. The first-order valence-electron chi connectivity index (χ1n) is 6.19. The lowest BCUT2D eigenvalue weighted by Crippen LogP contribution is -2.35. The molecule has 0 rings (SSSR count). The Labute approximate surface area is 103 Å². The quantitative estimate of drug-likeness (QED) is 0.526. The zero-order valence-electron chi connectivity index (χ0n) is 11.0. The van der Waals surface area contributed by atoms with Crippen molar-refractivity contribution in [3.05, 3.63) is 0 Å². The highest BCUT2D eigenvalue weighted by atomic mass is 16.5. The van der Waals surface area contributed by atoms with Crippen molar-refractivity contribution in [2.75, 3.05) is 13.2 Å². The first-order valence-corrected chi connectivity index (χ1v) is 6.19. The first kappa shape index (κ1) is 15.7. The SMILES string of the molecule is CCCCOC(=O)CC(C)NC(=O)OCCC. The smallest absolute Gasteiger partial charge is 0.407 e. The minimum atomic E-state index is -0.485. The Hall–Kier alpha value is -1.26. The van der Waals surface area contributed by atoms with E-state index in [9.17, 15) is 9.59 Å². The van der Waals surface area contributed by atoms with Crippen LogP contribution in [-0.2, 0) is 14.3 Å². The average Bonchev–Trinajstić information content (AvgIpc) is 2.26. The van der Waals surface area contributed by atoms with Crippen LogP contribution in [0, 0.1) is 0 Å². The molecule has 0 aromatic carbocycles. The number of rotatable bonds is 8. The van der Waals surface area contributed by atoms with E-state index in [0.717, 1.165) is 19.3 Å². The lowest BCUT2D eigenvalue weighted by Gasteiger charge is -2.13. The second-order valence-corrected chi connectivity index (χ2v) is 3.96. The molecule has 0 aromatic rings. The number of alkyl carbamates (subject to hydrolysis) is 1. The minimum Gasteiger partial charge on any atom is -0.466 e. The third-order valence-electron chi connectivity index (χ3n) is 2.04. The standard InChI is InChI=1S/C12H23NO4/c1-4-6-8-16-11(14)9-10(3)13-12(15)17-7-5-2/h10H,4-9H2,1-3H3,(H,13,15). The fraction of sp³-hybridized carbons (Fsp3) is 0.833. The molecule has 0 aliphatic carbocycles. The molecule has 5 heteroatoms. The zero-order chi connectivity index (χ0) is 13.1. The van der Waals surface area contributed by atoms with E-state index in [2.05, 4.69) is 5.32 Å². The number of carbonyl (C=O) groups excluding carboxylic acids is 2. The van der Waals surface area contributed by atoms with Gasteiger partial charge in [-0.3, -0.25) is 4.79 Å². The molecule has 0 aliphatic rings. The molecule has 1 N–H and O–H groups in total. The minimum absolute atomic E-state index is 0.172. The molecule has 1 atom stereocenters. The van der Waals surface area contributed by atoms with Gasteiger partial charge in [-0.25, -0.2) is 4.79 Å². The number of hydrogen-bond donors (Lipinski definition) is 1. The van der Waals surface area contributed by atoms with Crippen LogP contribution in [0.15, 0.2) is 0 Å². The fourth-order valence-corrected chi connectivity index (χ4v) is 1.13. The summed E-state index contributed by atoms with van der Waals surface area (Å²) >= 11 is 0. The molecule has 0 bridgehead atoms. The van der Waals surface area contributed by atoms with Gasteiger partial charge in [0.05, 0.1) is 19.6 Å². The van der Waals surface area contributed by atoms with Gasteiger partial charge in [0.15, 0.2) is 0 Å². The van der Waals surface area contributed by atoms with Crippen molar-refractivity contribution in [2.24, 2.45) is 0 Å². The van der Waals surface area contributed by atoms with Gasteiger partial charge in [-0.1, -0.05) is 20.3 Å². The van der Waals surface area contributed by atoms with Crippen LogP contribution < -0.4 is 5.32 Å². The molecule has 0 spiro atoms. The zero-order valence-corrected chi connectivity index (χ0v) is 11.0. The summed E-state index contributed by atoms with van der Waals surface area (Å²) in [6, 6.07) is -0.270. The van der Waals surface area contributed by atoms with Gasteiger partial charge in [-0.2, -0.15) is 0 Å². The molecule has 100 valence electrons. The maximum absolute atomic E-state index is 11.3. The van der Waals surface area contributed by atoms with Gasteiger partial charge in [0.2, 0.25) is 0 Å². The fourth-order valence-electron chi connectivity index (χ4n) is 1.13. The summed E-state index contributed by atoms with van der Waals surface area (Å²) in [4.78, 5) is 22.5. The van der Waals surface area contributed by atoms with Crippen LogP contribution in [0.5, 0.6) is 0 Å². The van der Waals surface area contributed by atoms with E-state index < -0.39 is 6.09 Å². The van der Waals surface area contributed by atoms with E-state index >= 15 is 0 Å². The predicted octanol–water partition coefficient (Wildman–Crippen LogP) is 2.24. The van der Waals surface area contributed by atoms with E-state index in [0.29, 0.717) is 13.2 Å². The number of esters is 1. The summed E-state index contributed by atoms with van der Waals surface area (Å²) in [7, 11) is 0. The van der Waals surface area contributed by atoms with Crippen molar-refractivity contribution in [3.63, 3.8) is 0 Å². The molecule has 0 fully saturated rings. The van der Waals surface area contributed by atoms with Gasteiger partial charge < -0.3 is 14.8 Å². The van der Waals surface area contributed by atoms with Crippen molar-refractivity contribution in [1.29, 1.82) is 0 Å². The van der Waals surface area contributed by atoms with Gasteiger partial charge in [0, 0.05) is 6.04 Å². The van der Waals surface area contributed by atoms with Crippen molar-refractivity contribution >= 4 is 12.1 Å². The van der Waals surface area contributed by atoms with E-state index in [1.54, 1.807) is 6.92 Å². The van der Waals surface area contributed by atoms with Crippen molar-refractivity contribution in [1.82, 2.24) is 5.32 Å². The van der Waals surface area contributed by atoms with Gasteiger partial charge in [-0.15, -0.1) is 0 Å². The Bertz CT molecular complexity index is 231. The number of hydrogen-bond acceptors (Lipinski definition) is 4. The number of ether oxygens (including phenoxy) is 2. The average molecular weight is 245 g/mol. The van der Waals surface area contributed by atoms with Crippen LogP contribution in [0.3, 0.4) is 0 Å². The molecular formula is C12H23NO4. The summed E-state index contributed by atoms with van der Waals surface area (Å²) in [6.07, 6.45) is 2.32. The number of unbranched alkanes of at least 4 members (excludes halogenated alkanes) is 1. The molecule has 5 nitrogen and oxygen atoms in total. The van der Waals surface area contributed by atoms with Crippen LogP contribution >= 0.6 is 0 Å². The van der Waals surface area contributed by atoms with Gasteiger partial charge >= 0.3 is 12.1 Å². The Morgan fingerprint density at radius 2 is 1.82 bits per heavy atom. The lowest BCUT2D eigenvalue weighted by atomic mass is 10.2. The Balaban J connectivity index is 3.65. The highest BCUT2D eigenvalue weighted by Gasteiger charge is 2.13. The molecule has 17 heavy (non-hydrogen) atoms. The maximum atomic E-state index is 11.3. The topological polar surface area (TPSA) is 64.6 Å². The monoisotopic (exact) mass is 245 g/mol. The number of nitrogens with one attached hydrogen (secondary N) is 1. The normalized spacial score (nSPS) is 11.7.